The normalized spacial score (nSPS) is 15.8. The lowest BCUT2D eigenvalue weighted by Gasteiger charge is -2.35. The summed E-state index contributed by atoms with van der Waals surface area (Å²) in [6, 6.07) is 4.76. The molecule has 0 spiro atoms. The second-order valence-electron chi connectivity index (χ2n) is 10.7. The zero-order valence-electron chi connectivity index (χ0n) is 24.1. The highest BCUT2D eigenvalue weighted by atomic mass is 19.1. The van der Waals surface area contributed by atoms with E-state index < -0.39 is 46.4 Å². The number of aromatic nitrogens is 5. The Balaban J connectivity index is 1.31. The second-order valence-corrected chi connectivity index (χ2v) is 10.7. The predicted molar refractivity (Wildman–Crippen MR) is 158 cm³/mol. The Labute approximate surface area is 252 Å². The van der Waals surface area contributed by atoms with Gasteiger partial charge in [0, 0.05) is 56.0 Å². The molecule has 0 unspecified atom stereocenters. The topological polar surface area (TPSA) is 153 Å². The van der Waals surface area contributed by atoms with Crippen molar-refractivity contribution in [2.45, 2.75) is 25.4 Å². The number of nitrogens with zero attached hydrogens (tertiary/aromatic N) is 6. The molecule has 45 heavy (non-hydrogen) atoms. The molecule has 232 valence electrons. The number of carboxylic acids is 1. The first-order valence-corrected chi connectivity index (χ1v) is 13.9. The Kier molecular flexibility index (Phi) is 7.62. The number of nitrogens with one attached hydrogen (secondary N) is 1. The van der Waals surface area contributed by atoms with Crippen LogP contribution >= 0.6 is 0 Å². The monoisotopic (exact) mass is 619 g/mol. The summed E-state index contributed by atoms with van der Waals surface area (Å²) in [6.07, 6.45) is 5.42. The van der Waals surface area contributed by atoms with Crippen LogP contribution < -0.4 is 21.5 Å². The van der Waals surface area contributed by atoms with E-state index in [0.29, 0.717) is 31.0 Å². The van der Waals surface area contributed by atoms with Crippen LogP contribution in [-0.4, -0.2) is 72.3 Å². The van der Waals surface area contributed by atoms with Crippen LogP contribution in [0, 0.1) is 11.6 Å². The Morgan fingerprint density at radius 2 is 1.91 bits per heavy atom. The Morgan fingerprint density at radius 3 is 2.62 bits per heavy atom. The number of fused-ring (bicyclic) bond motifs is 2. The summed E-state index contributed by atoms with van der Waals surface area (Å²) in [5, 5.41) is 12.4. The zero-order chi connectivity index (χ0) is 32.0. The third-order valence-electron chi connectivity index (χ3n) is 7.90. The van der Waals surface area contributed by atoms with Crippen molar-refractivity contribution in [3.63, 3.8) is 0 Å². The van der Waals surface area contributed by atoms with Crippen molar-refractivity contribution in [2.24, 2.45) is 7.05 Å². The van der Waals surface area contributed by atoms with Gasteiger partial charge < -0.3 is 24.5 Å². The van der Waals surface area contributed by atoms with Gasteiger partial charge in [0.1, 0.15) is 23.2 Å². The minimum absolute atomic E-state index is 0.139. The van der Waals surface area contributed by atoms with Gasteiger partial charge >= 0.3 is 11.7 Å². The number of imidazole rings is 1. The first kappa shape index (κ1) is 29.6. The number of rotatable bonds is 7. The number of carboxylic acid groups (broad SMARTS) is 1. The Hall–Kier alpha value is -5.44. The molecule has 1 amide bonds. The molecule has 1 fully saturated rings. The lowest BCUT2D eigenvalue weighted by molar-refractivity contribution is -0.139. The van der Waals surface area contributed by atoms with Crippen molar-refractivity contribution >= 4 is 34.1 Å². The molecule has 1 saturated heterocycles. The first-order valence-electron chi connectivity index (χ1n) is 13.9. The fourth-order valence-corrected chi connectivity index (χ4v) is 5.60. The minimum atomic E-state index is -1.60. The van der Waals surface area contributed by atoms with E-state index in [1.807, 2.05) is 6.92 Å². The van der Waals surface area contributed by atoms with E-state index in [0.717, 1.165) is 16.7 Å². The quantitative estimate of drug-likeness (QED) is 0.277. The second kappa shape index (κ2) is 11.6. The summed E-state index contributed by atoms with van der Waals surface area (Å²) in [6.45, 7) is 3.02. The molecule has 1 aliphatic heterocycles. The number of amides is 1. The number of halogens is 2. The molecule has 4 aromatic heterocycles. The van der Waals surface area contributed by atoms with Gasteiger partial charge in [0.2, 0.25) is 0 Å². The van der Waals surface area contributed by atoms with Gasteiger partial charge in [-0.3, -0.25) is 19.1 Å². The van der Waals surface area contributed by atoms with Crippen LogP contribution in [0.4, 0.5) is 14.5 Å². The fraction of sp³-hybridized carbons (Fsp3) is 0.267. The molecular formula is C30H27F2N7O6. The molecule has 15 heteroatoms. The standard InChI is InChI=1S/C30H27F2N7O6/c1-16-15-45-10-9-37(16)18-11-20(31)25(21(32)12-18)27(40)35-22(29(42)43)13-17-3-4-23(26-34-7-8-38(17)26)39-28(41)19-5-6-33-14-24(19)36(2)30(39)44/h3-8,11-12,14,16,22H,9-10,13,15H2,1-2H3,(H,35,40)(H,42,43)/t16-,22+/m1/s1. The average molecular weight is 620 g/mol. The summed E-state index contributed by atoms with van der Waals surface area (Å²) in [7, 11) is 1.50. The van der Waals surface area contributed by atoms with Crippen LogP contribution in [0.3, 0.4) is 0 Å². The molecule has 1 aliphatic rings. The minimum Gasteiger partial charge on any atom is -0.480 e. The molecule has 5 aromatic rings. The summed E-state index contributed by atoms with van der Waals surface area (Å²) in [4.78, 5) is 61.8. The molecule has 0 bridgehead atoms. The molecular weight excluding hydrogens is 592 g/mol. The van der Waals surface area contributed by atoms with Crippen molar-refractivity contribution in [3.05, 3.63) is 98.8 Å². The van der Waals surface area contributed by atoms with Gasteiger partial charge in [-0.1, -0.05) is 0 Å². The molecule has 0 aliphatic carbocycles. The van der Waals surface area contributed by atoms with E-state index in [1.165, 1.54) is 59.0 Å². The molecule has 6 rings (SSSR count). The van der Waals surface area contributed by atoms with E-state index in [9.17, 15) is 24.3 Å². The summed E-state index contributed by atoms with van der Waals surface area (Å²) in [5.74, 6) is -4.96. The number of anilines is 1. The average Bonchev–Trinajstić information content (AvgIpc) is 3.51. The van der Waals surface area contributed by atoms with Gasteiger partial charge in [-0.2, -0.15) is 0 Å². The number of hydrogen-bond acceptors (Lipinski definition) is 8. The van der Waals surface area contributed by atoms with Crippen LogP contribution in [0.5, 0.6) is 0 Å². The number of aliphatic carboxylic acids is 1. The van der Waals surface area contributed by atoms with Gasteiger partial charge in [0.25, 0.3) is 11.5 Å². The van der Waals surface area contributed by atoms with E-state index >= 15 is 8.78 Å². The maximum Gasteiger partial charge on any atom is 0.336 e. The van der Waals surface area contributed by atoms with E-state index in [4.69, 9.17) is 4.74 Å². The lowest BCUT2D eigenvalue weighted by atomic mass is 10.1. The molecule has 1 aromatic carbocycles. The Bertz CT molecular complexity index is 2080. The van der Waals surface area contributed by atoms with Gasteiger partial charge in [-0.25, -0.2) is 27.9 Å². The number of benzene rings is 1. The number of morpholine rings is 1. The highest BCUT2D eigenvalue weighted by Gasteiger charge is 2.28. The zero-order valence-corrected chi connectivity index (χ0v) is 24.1. The highest BCUT2D eigenvalue weighted by Crippen LogP contribution is 2.25. The SMILES string of the molecule is C[C@@H]1COCCN1c1cc(F)c(C(=O)N[C@@H](Cc2ccc(-n3c(=O)c4ccncc4n(C)c3=O)c3nccn23)C(=O)O)c(F)c1. The van der Waals surface area contributed by atoms with Crippen molar-refractivity contribution in [1.29, 1.82) is 0 Å². The highest BCUT2D eigenvalue weighted by molar-refractivity contribution is 5.97. The summed E-state index contributed by atoms with van der Waals surface area (Å²) >= 11 is 0. The lowest BCUT2D eigenvalue weighted by Crippen LogP contribution is -2.44. The van der Waals surface area contributed by atoms with Gasteiger partial charge in [-0.05, 0) is 37.3 Å². The number of carbonyl (C=O) groups is 2. The molecule has 0 saturated carbocycles. The van der Waals surface area contributed by atoms with Crippen LogP contribution in [0.15, 0.2) is 64.7 Å². The van der Waals surface area contributed by atoms with Crippen LogP contribution in [0.2, 0.25) is 0 Å². The summed E-state index contributed by atoms with van der Waals surface area (Å²) < 4.78 is 39.3. The molecule has 13 nitrogen and oxygen atoms in total. The smallest absolute Gasteiger partial charge is 0.336 e. The van der Waals surface area contributed by atoms with Crippen molar-refractivity contribution in [2.75, 3.05) is 24.7 Å². The van der Waals surface area contributed by atoms with Gasteiger partial charge in [0.05, 0.1) is 36.0 Å². The molecule has 5 heterocycles. The maximum atomic E-state index is 15.1. The van der Waals surface area contributed by atoms with Crippen LogP contribution in [0.1, 0.15) is 23.0 Å². The van der Waals surface area contributed by atoms with Gasteiger partial charge in [-0.15, -0.1) is 0 Å². The first-order chi connectivity index (χ1) is 21.6. The number of aryl methyl sites for hydroxylation is 1. The number of ether oxygens (including phenoxy) is 1. The molecule has 2 atom stereocenters. The van der Waals surface area contributed by atoms with E-state index in [2.05, 4.69) is 15.3 Å². The van der Waals surface area contributed by atoms with Crippen molar-refractivity contribution < 1.29 is 28.2 Å². The largest absolute Gasteiger partial charge is 0.480 e. The Morgan fingerprint density at radius 1 is 1.16 bits per heavy atom. The van der Waals surface area contributed by atoms with E-state index in [1.54, 1.807) is 4.90 Å². The summed E-state index contributed by atoms with van der Waals surface area (Å²) in [5.41, 5.74) is -0.927. The third-order valence-corrected chi connectivity index (χ3v) is 7.90. The number of carbonyl (C=O) groups excluding carboxylic acids is 1. The van der Waals surface area contributed by atoms with Crippen molar-refractivity contribution in [1.82, 2.24) is 28.8 Å². The van der Waals surface area contributed by atoms with Crippen LogP contribution in [0.25, 0.3) is 22.2 Å². The predicted octanol–water partition coefficient (Wildman–Crippen LogP) is 1.66. The third kappa shape index (κ3) is 5.20. The maximum absolute atomic E-state index is 15.1. The molecule has 0 radical (unpaired) electrons. The van der Waals surface area contributed by atoms with Crippen LogP contribution in [-0.2, 0) is 23.0 Å². The molecule has 2 N–H and O–H groups in total. The number of hydrogen-bond donors (Lipinski definition) is 2. The fourth-order valence-electron chi connectivity index (χ4n) is 5.60. The van der Waals surface area contributed by atoms with Gasteiger partial charge in [0.15, 0.2) is 5.65 Å². The van der Waals surface area contributed by atoms with Crippen molar-refractivity contribution in [3.8, 4) is 5.69 Å². The number of pyridine rings is 2. The van der Waals surface area contributed by atoms with E-state index in [-0.39, 0.29) is 34.9 Å².